The number of H-pyrrole nitrogens is 1. The van der Waals surface area contributed by atoms with Crippen LogP contribution in [0.3, 0.4) is 0 Å². The van der Waals surface area contributed by atoms with E-state index in [1.54, 1.807) is 6.07 Å². The van der Waals surface area contributed by atoms with Gasteiger partial charge in [-0.25, -0.2) is 0 Å². The fraction of sp³-hybridized carbons (Fsp3) is 0.308. The molecular formula is C13H11F3N2O. The van der Waals surface area contributed by atoms with Gasteiger partial charge in [0.05, 0.1) is 5.56 Å². The van der Waals surface area contributed by atoms with Crippen molar-refractivity contribution in [3.63, 3.8) is 0 Å². The zero-order valence-corrected chi connectivity index (χ0v) is 9.92. The lowest BCUT2D eigenvalue weighted by atomic mass is 10.1. The van der Waals surface area contributed by atoms with E-state index < -0.39 is 17.3 Å². The molecule has 0 atom stereocenters. The number of anilines is 1. The maximum atomic E-state index is 13.0. The van der Waals surface area contributed by atoms with Crippen LogP contribution in [0.5, 0.6) is 0 Å². The van der Waals surface area contributed by atoms with E-state index in [1.807, 2.05) is 4.90 Å². The zero-order chi connectivity index (χ0) is 13.6. The van der Waals surface area contributed by atoms with E-state index in [0.29, 0.717) is 6.07 Å². The average Bonchev–Trinajstić information content (AvgIpc) is 2.25. The van der Waals surface area contributed by atoms with Gasteiger partial charge in [-0.3, -0.25) is 4.79 Å². The van der Waals surface area contributed by atoms with E-state index in [-0.39, 0.29) is 10.9 Å². The van der Waals surface area contributed by atoms with E-state index in [1.165, 1.54) is 12.1 Å². The Balaban J connectivity index is 2.24. The molecule has 100 valence electrons. The van der Waals surface area contributed by atoms with Crippen molar-refractivity contribution in [3.8, 4) is 0 Å². The largest absolute Gasteiger partial charge is 0.417 e. The van der Waals surface area contributed by atoms with Gasteiger partial charge in [-0.1, -0.05) is 0 Å². The summed E-state index contributed by atoms with van der Waals surface area (Å²) in [4.78, 5) is 15.7. The summed E-state index contributed by atoms with van der Waals surface area (Å²) in [6.07, 6.45) is -3.48. The first-order chi connectivity index (χ1) is 8.95. The second-order valence-corrected chi connectivity index (χ2v) is 4.62. The smallest absolute Gasteiger partial charge is 0.371 e. The topological polar surface area (TPSA) is 36.1 Å². The van der Waals surface area contributed by atoms with Gasteiger partial charge in [0.15, 0.2) is 0 Å². The fourth-order valence-electron chi connectivity index (χ4n) is 2.25. The number of hydrogen-bond donors (Lipinski definition) is 1. The second-order valence-electron chi connectivity index (χ2n) is 4.62. The van der Waals surface area contributed by atoms with Gasteiger partial charge < -0.3 is 9.88 Å². The average molecular weight is 268 g/mol. The van der Waals surface area contributed by atoms with Crippen molar-refractivity contribution in [1.82, 2.24) is 4.98 Å². The van der Waals surface area contributed by atoms with Crippen LogP contribution in [0.15, 0.2) is 29.1 Å². The number of aromatic nitrogens is 1. The highest BCUT2D eigenvalue weighted by atomic mass is 19.4. The summed E-state index contributed by atoms with van der Waals surface area (Å²) in [6, 6.07) is 5.37. The summed E-state index contributed by atoms with van der Waals surface area (Å²) < 4.78 is 38.9. The Bertz CT molecular complexity index is 686. The Morgan fingerprint density at radius 2 is 1.89 bits per heavy atom. The number of hydrogen-bond acceptors (Lipinski definition) is 2. The first kappa shape index (κ1) is 12.1. The molecule has 1 fully saturated rings. The number of rotatable bonds is 1. The van der Waals surface area contributed by atoms with Crippen molar-refractivity contribution in [3.05, 3.63) is 40.2 Å². The third kappa shape index (κ3) is 2.07. The summed E-state index contributed by atoms with van der Waals surface area (Å²) in [6.45, 7) is 1.71. The molecule has 1 aromatic heterocycles. The van der Waals surface area contributed by atoms with Gasteiger partial charge >= 0.3 is 6.18 Å². The van der Waals surface area contributed by atoms with Crippen LogP contribution in [0.4, 0.5) is 18.9 Å². The standard InChI is InChI=1S/C13H11F3N2O/c14-13(15,16)10-7-12(19)17-11-3-2-8(6-9(10)11)18-4-1-5-18/h2-3,6-7H,1,4-5H2,(H,17,19). The highest BCUT2D eigenvalue weighted by Crippen LogP contribution is 2.35. The first-order valence-electron chi connectivity index (χ1n) is 5.94. The molecule has 0 spiro atoms. The maximum Gasteiger partial charge on any atom is 0.417 e. The van der Waals surface area contributed by atoms with Crippen LogP contribution in [-0.2, 0) is 6.18 Å². The summed E-state index contributed by atoms with van der Waals surface area (Å²) in [7, 11) is 0. The molecule has 1 aliphatic heterocycles. The quantitative estimate of drug-likeness (QED) is 0.863. The van der Waals surface area contributed by atoms with Crippen molar-refractivity contribution in [2.75, 3.05) is 18.0 Å². The predicted octanol–water partition coefficient (Wildman–Crippen LogP) is 2.76. The fourth-order valence-corrected chi connectivity index (χ4v) is 2.25. The molecule has 19 heavy (non-hydrogen) atoms. The third-order valence-corrected chi connectivity index (χ3v) is 3.35. The Morgan fingerprint density at radius 3 is 2.47 bits per heavy atom. The monoisotopic (exact) mass is 268 g/mol. The van der Waals surface area contributed by atoms with Crippen molar-refractivity contribution < 1.29 is 13.2 Å². The van der Waals surface area contributed by atoms with E-state index in [9.17, 15) is 18.0 Å². The zero-order valence-electron chi connectivity index (χ0n) is 9.92. The molecule has 0 unspecified atom stereocenters. The van der Waals surface area contributed by atoms with E-state index in [0.717, 1.165) is 25.2 Å². The van der Waals surface area contributed by atoms with Crippen LogP contribution >= 0.6 is 0 Å². The summed E-state index contributed by atoms with van der Waals surface area (Å²) >= 11 is 0. The van der Waals surface area contributed by atoms with Gasteiger partial charge in [0.25, 0.3) is 0 Å². The van der Waals surface area contributed by atoms with Gasteiger partial charge in [0.1, 0.15) is 0 Å². The number of nitrogens with one attached hydrogen (secondary N) is 1. The number of pyridine rings is 1. The minimum Gasteiger partial charge on any atom is -0.371 e. The van der Waals surface area contributed by atoms with Crippen LogP contribution in [0.25, 0.3) is 10.9 Å². The molecule has 3 rings (SSSR count). The van der Waals surface area contributed by atoms with Gasteiger partial charge in [-0.2, -0.15) is 13.2 Å². The number of benzene rings is 1. The highest BCUT2D eigenvalue weighted by molar-refractivity contribution is 5.86. The molecule has 0 amide bonds. The molecule has 0 bridgehead atoms. The lowest BCUT2D eigenvalue weighted by Gasteiger charge is -2.33. The Morgan fingerprint density at radius 1 is 1.16 bits per heavy atom. The predicted molar refractivity (Wildman–Crippen MR) is 66.4 cm³/mol. The van der Waals surface area contributed by atoms with Crippen molar-refractivity contribution in [1.29, 1.82) is 0 Å². The molecule has 1 aliphatic rings. The van der Waals surface area contributed by atoms with E-state index in [4.69, 9.17) is 0 Å². The molecule has 0 aliphatic carbocycles. The summed E-state index contributed by atoms with van der Waals surface area (Å²) in [5.41, 5.74) is -0.648. The molecule has 2 aromatic rings. The van der Waals surface area contributed by atoms with Crippen molar-refractivity contribution >= 4 is 16.6 Å². The molecular weight excluding hydrogens is 257 g/mol. The van der Waals surface area contributed by atoms with Gasteiger partial charge in [0, 0.05) is 35.7 Å². The molecule has 6 heteroatoms. The summed E-state index contributed by atoms with van der Waals surface area (Å²) in [5, 5.41) is 0.0384. The molecule has 1 saturated heterocycles. The number of aromatic amines is 1. The van der Waals surface area contributed by atoms with Gasteiger partial charge in [0.2, 0.25) is 5.56 Å². The Hall–Kier alpha value is -1.98. The van der Waals surface area contributed by atoms with Crippen molar-refractivity contribution in [2.45, 2.75) is 12.6 Å². The first-order valence-corrected chi connectivity index (χ1v) is 5.94. The molecule has 1 N–H and O–H groups in total. The molecule has 0 radical (unpaired) electrons. The molecule has 3 nitrogen and oxygen atoms in total. The normalized spacial score (nSPS) is 15.6. The number of nitrogens with zero attached hydrogens (tertiary/aromatic N) is 1. The summed E-state index contributed by atoms with van der Waals surface area (Å²) in [5.74, 6) is 0. The minimum absolute atomic E-state index is 0.0384. The van der Waals surface area contributed by atoms with E-state index >= 15 is 0 Å². The number of halogens is 3. The van der Waals surface area contributed by atoms with Crippen LogP contribution in [0, 0.1) is 0 Å². The van der Waals surface area contributed by atoms with Crippen LogP contribution in [0.1, 0.15) is 12.0 Å². The third-order valence-electron chi connectivity index (χ3n) is 3.35. The van der Waals surface area contributed by atoms with Crippen LogP contribution < -0.4 is 10.5 Å². The van der Waals surface area contributed by atoms with Crippen LogP contribution in [0.2, 0.25) is 0 Å². The molecule has 0 saturated carbocycles. The molecule has 1 aromatic carbocycles. The van der Waals surface area contributed by atoms with Crippen LogP contribution in [-0.4, -0.2) is 18.1 Å². The number of fused-ring (bicyclic) bond motifs is 1. The van der Waals surface area contributed by atoms with Crippen molar-refractivity contribution in [2.24, 2.45) is 0 Å². The Labute approximate surface area is 106 Å². The number of alkyl halides is 3. The second kappa shape index (κ2) is 4.01. The maximum absolute atomic E-state index is 13.0. The van der Waals surface area contributed by atoms with Gasteiger partial charge in [-0.05, 0) is 24.6 Å². The SMILES string of the molecule is O=c1cc(C(F)(F)F)c2cc(N3CCC3)ccc2[nH]1. The Kier molecular flexibility index (Phi) is 2.55. The van der Waals surface area contributed by atoms with E-state index in [2.05, 4.69) is 4.98 Å². The lowest BCUT2D eigenvalue weighted by molar-refractivity contribution is -0.136. The lowest BCUT2D eigenvalue weighted by Crippen LogP contribution is -2.36. The highest BCUT2D eigenvalue weighted by Gasteiger charge is 2.33. The molecule has 2 heterocycles. The minimum atomic E-state index is -4.53. The van der Waals surface area contributed by atoms with Gasteiger partial charge in [-0.15, -0.1) is 0 Å².